The van der Waals surface area contributed by atoms with Crippen molar-refractivity contribution < 1.29 is 14.7 Å². The van der Waals surface area contributed by atoms with Gasteiger partial charge in [0.05, 0.1) is 5.02 Å². The van der Waals surface area contributed by atoms with Crippen LogP contribution in [0.25, 0.3) is 0 Å². The van der Waals surface area contributed by atoms with Crippen molar-refractivity contribution in [3.8, 4) is 0 Å². The Morgan fingerprint density at radius 2 is 2.05 bits per heavy atom. The van der Waals surface area contributed by atoms with Crippen molar-refractivity contribution in [1.82, 2.24) is 9.97 Å². The molecule has 0 unspecified atom stereocenters. The summed E-state index contributed by atoms with van der Waals surface area (Å²) in [5.74, 6) is -1.46. The first kappa shape index (κ1) is 15.5. The van der Waals surface area contributed by atoms with Crippen LogP contribution in [0, 0.1) is 0 Å². The third-order valence-corrected chi connectivity index (χ3v) is 3.64. The van der Waals surface area contributed by atoms with Crippen LogP contribution in [0.3, 0.4) is 0 Å². The number of carboxylic acids is 1. The van der Waals surface area contributed by atoms with Crippen molar-refractivity contribution in [3.63, 3.8) is 0 Å². The maximum absolute atomic E-state index is 12.2. The van der Waals surface area contributed by atoms with E-state index in [1.165, 1.54) is 18.0 Å². The quantitative estimate of drug-likeness (QED) is 0.518. The average molecular weight is 323 g/mol. The highest BCUT2D eigenvalue weighted by atomic mass is 35.5. The Kier molecular flexibility index (Phi) is 4.93. The zero-order valence-corrected chi connectivity index (χ0v) is 12.6. The van der Waals surface area contributed by atoms with Crippen LogP contribution in [0.5, 0.6) is 0 Å². The van der Waals surface area contributed by atoms with E-state index in [-0.39, 0.29) is 23.5 Å². The van der Waals surface area contributed by atoms with Gasteiger partial charge in [-0.15, -0.1) is 0 Å². The number of thioether (sulfide) groups is 1. The first-order chi connectivity index (χ1) is 10.0. The molecule has 0 aliphatic rings. The predicted octanol–water partition coefficient (Wildman–Crippen LogP) is 2.98. The molecule has 2 rings (SSSR count). The van der Waals surface area contributed by atoms with Gasteiger partial charge in [0.25, 0.3) is 0 Å². The van der Waals surface area contributed by atoms with Crippen LogP contribution >= 0.6 is 23.4 Å². The van der Waals surface area contributed by atoms with Gasteiger partial charge in [0, 0.05) is 23.7 Å². The van der Waals surface area contributed by atoms with E-state index in [0.29, 0.717) is 15.7 Å². The molecule has 0 spiro atoms. The number of halogens is 1. The number of aromatic nitrogens is 2. The fourth-order valence-corrected chi connectivity index (χ4v) is 2.34. The number of carboxylic acid groups (broad SMARTS) is 1. The molecule has 0 aliphatic heterocycles. The number of Topliss-reactive ketones (excluding diaryl/α,β-unsaturated/α-hetero) is 1. The fraction of sp³-hybridized carbons (Fsp3) is 0.143. The zero-order valence-electron chi connectivity index (χ0n) is 11.0. The highest BCUT2D eigenvalue weighted by Gasteiger charge is 2.18. The number of hydrogen-bond donors (Lipinski definition) is 1. The van der Waals surface area contributed by atoms with Crippen molar-refractivity contribution in [2.75, 3.05) is 6.26 Å². The predicted molar refractivity (Wildman–Crippen MR) is 80.3 cm³/mol. The molecule has 1 aromatic heterocycles. The number of aromatic carboxylic acids is 1. The lowest BCUT2D eigenvalue weighted by molar-refractivity contribution is 0.0688. The van der Waals surface area contributed by atoms with E-state index < -0.39 is 5.97 Å². The van der Waals surface area contributed by atoms with Gasteiger partial charge in [-0.1, -0.05) is 35.5 Å². The van der Waals surface area contributed by atoms with E-state index in [9.17, 15) is 14.7 Å². The van der Waals surface area contributed by atoms with Crippen LogP contribution in [0.1, 0.15) is 26.4 Å². The van der Waals surface area contributed by atoms with Gasteiger partial charge < -0.3 is 5.11 Å². The normalized spacial score (nSPS) is 10.4. The molecule has 0 radical (unpaired) electrons. The van der Waals surface area contributed by atoms with Crippen molar-refractivity contribution in [2.24, 2.45) is 0 Å². The minimum absolute atomic E-state index is 0.111. The molecule has 0 fully saturated rings. The Morgan fingerprint density at radius 1 is 1.33 bits per heavy atom. The van der Waals surface area contributed by atoms with Crippen LogP contribution in [0.15, 0.2) is 35.6 Å². The highest BCUT2D eigenvalue weighted by Crippen LogP contribution is 2.19. The van der Waals surface area contributed by atoms with E-state index >= 15 is 0 Å². The lowest BCUT2D eigenvalue weighted by Gasteiger charge is -2.07. The first-order valence-corrected chi connectivity index (χ1v) is 7.54. The van der Waals surface area contributed by atoms with Crippen LogP contribution < -0.4 is 0 Å². The largest absolute Gasteiger partial charge is 0.476 e. The molecule has 108 valence electrons. The minimum Gasteiger partial charge on any atom is -0.476 e. The lowest BCUT2D eigenvalue weighted by atomic mass is 10.0. The molecule has 0 amide bonds. The Bertz CT molecular complexity index is 706. The Balaban J connectivity index is 2.33. The van der Waals surface area contributed by atoms with Gasteiger partial charge in [-0.3, -0.25) is 4.79 Å². The second-order valence-corrected chi connectivity index (χ2v) is 5.30. The third-order valence-electron chi connectivity index (χ3n) is 2.75. The minimum atomic E-state index is -1.19. The maximum Gasteiger partial charge on any atom is 0.354 e. The molecule has 5 nitrogen and oxygen atoms in total. The summed E-state index contributed by atoms with van der Waals surface area (Å²) in [5, 5.41) is 9.87. The molecular weight excluding hydrogens is 312 g/mol. The number of carbonyl (C=O) groups is 2. The standard InChI is InChI=1S/C14H11ClN2O3S/c1-21-14-16-7-8(12(17-14)13(19)20)6-11(18)9-4-2-3-5-10(9)15/h2-5,7H,6H2,1H3,(H,19,20). The fourth-order valence-electron chi connectivity index (χ4n) is 1.76. The summed E-state index contributed by atoms with van der Waals surface area (Å²) in [6.07, 6.45) is 3.01. The number of hydrogen-bond acceptors (Lipinski definition) is 5. The number of nitrogens with zero attached hydrogens (tertiary/aromatic N) is 2. The molecule has 0 aliphatic carbocycles. The molecule has 7 heteroatoms. The van der Waals surface area contributed by atoms with Crippen LogP contribution in [0.4, 0.5) is 0 Å². The SMILES string of the molecule is CSc1ncc(CC(=O)c2ccccc2Cl)c(C(=O)O)n1. The first-order valence-electron chi connectivity index (χ1n) is 5.94. The highest BCUT2D eigenvalue weighted by molar-refractivity contribution is 7.98. The topological polar surface area (TPSA) is 80.2 Å². The maximum atomic E-state index is 12.2. The van der Waals surface area contributed by atoms with E-state index in [1.807, 2.05) is 0 Å². The molecule has 0 atom stereocenters. The molecule has 0 bridgehead atoms. The molecule has 21 heavy (non-hydrogen) atoms. The second kappa shape index (κ2) is 6.69. The van der Waals surface area contributed by atoms with Crippen molar-refractivity contribution in [1.29, 1.82) is 0 Å². The monoisotopic (exact) mass is 322 g/mol. The van der Waals surface area contributed by atoms with Gasteiger partial charge in [-0.25, -0.2) is 14.8 Å². The van der Waals surface area contributed by atoms with Crippen molar-refractivity contribution >= 4 is 35.1 Å². The summed E-state index contributed by atoms with van der Waals surface area (Å²) in [4.78, 5) is 31.4. The number of benzene rings is 1. The summed E-state index contributed by atoms with van der Waals surface area (Å²) in [6, 6.07) is 6.63. The third kappa shape index (κ3) is 3.59. The summed E-state index contributed by atoms with van der Waals surface area (Å²) < 4.78 is 0. The zero-order chi connectivity index (χ0) is 15.4. The molecule has 1 aromatic carbocycles. The molecule has 1 N–H and O–H groups in total. The van der Waals surface area contributed by atoms with Gasteiger partial charge in [0.2, 0.25) is 0 Å². The van der Waals surface area contributed by atoms with Crippen LogP contribution in [0.2, 0.25) is 5.02 Å². The molecule has 0 saturated heterocycles. The number of ketones is 1. The van der Waals surface area contributed by atoms with Crippen molar-refractivity contribution in [3.05, 3.63) is 52.3 Å². The Hall–Kier alpha value is -1.92. The average Bonchev–Trinajstić information content (AvgIpc) is 2.47. The molecular formula is C14H11ClN2O3S. The van der Waals surface area contributed by atoms with Gasteiger partial charge in [0.15, 0.2) is 16.6 Å². The molecule has 1 heterocycles. The van der Waals surface area contributed by atoms with Gasteiger partial charge in [0.1, 0.15) is 0 Å². The number of carbonyl (C=O) groups excluding carboxylic acids is 1. The molecule has 2 aromatic rings. The van der Waals surface area contributed by atoms with Gasteiger partial charge >= 0.3 is 5.97 Å². The smallest absolute Gasteiger partial charge is 0.354 e. The van der Waals surface area contributed by atoms with Gasteiger partial charge in [-0.05, 0) is 18.4 Å². The summed E-state index contributed by atoms with van der Waals surface area (Å²) >= 11 is 7.20. The van der Waals surface area contributed by atoms with E-state index in [0.717, 1.165) is 0 Å². The Morgan fingerprint density at radius 3 is 2.67 bits per heavy atom. The molecule has 0 saturated carbocycles. The van der Waals surface area contributed by atoms with E-state index in [4.69, 9.17) is 11.6 Å². The summed E-state index contributed by atoms with van der Waals surface area (Å²) in [7, 11) is 0. The van der Waals surface area contributed by atoms with Gasteiger partial charge in [-0.2, -0.15) is 0 Å². The Labute approximate surface area is 130 Å². The van der Waals surface area contributed by atoms with E-state index in [2.05, 4.69) is 9.97 Å². The second-order valence-electron chi connectivity index (χ2n) is 4.12. The number of rotatable bonds is 5. The van der Waals surface area contributed by atoms with Crippen LogP contribution in [-0.2, 0) is 6.42 Å². The summed E-state index contributed by atoms with van der Waals surface area (Å²) in [6.45, 7) is 0. The van der Waals surface area contributed by atoms with E-state index in [1.54, 1.807) is 30.5 Å². The summed E-state index contributed by atoms with van der Waals surface area (Å²) in [5.41, 5.74) is 0.462. The van der Waals surface area contributed by atoms with Crippen molar-refractivity contribution in [2.45, 2.75) is 11.6 Å². The lowest BCUT2D eigenvalue weighted by Crippen LogP contribution is -2.12. The van der Waals surface area contributed by atoms with Crippen LogP contribution in [-0.4, -0.2) is 33.1 Å².